The second-order valence-electron chi connectivity index (χ2n) is 6.50. The Bertz CT molecular complexity index is 1160. The fourth-order valence-corrected chi connectivity index (χ4v) is 3.62. The second kappa shape index (κ2) is 5.52. The molecule has 0 N–H and O–H groups in total. The lowest BCUT2D eigenvalue weighted by molar-refractivity contribution is 0.0788. The quantitative estimate of drug-likeness (QED) is 0.531. The van der Waals surface area contributed by atoms with Crippen LogP contribution in [0.25, 0.3) is 27.7 Å². The monoisotopic (exact) mass is 340 g/mol. The van der Waals surface area contributed by atoms with E-state index in [9.17, 15) is 4.79 Å². The van der Waals surface area contributed by atoms with Crippen LogP contribution in [0.2, 0.25) is 0 Å². The number of carbonyl (C=O) groups excluding carboxylic acids is 1. The van der Waals surface area contributed by atoms with E-state index in [1.807, 2.05) is 49.5 Å². The van der Waals surface area contributed by atoms with Gasteiger partial charge in [0.15, 0.2) is 0 Å². The predicted octanol–water partition coefficient (Wildman–Crippen LogP) is 3.67. The van der Waals surface area contributed by atoms with Gasteiger partial charge in [-0.1, -0.05) is 59.8 Å². The molecule has 4 aromatic rings. The number of benzene rings is 3. The van der Waals surface area contributed by atoms with Crippen molar-refractivity contribution in [3.05, 3.63) is 78.0 Å². The normalized spacial score (nSPS) is 13.4. The summed E-state index contributed by atoms with van der Waals surface area (Å²) >= 11 is 0. The van der Waals surface area contributed by atoms with Crippen LogP contribution in [0, 0.1) is 0 Å². The maximum Gasteiger partial charge on any atom is 0.256 e. The molecule has 3 aromatic carbocycles. The van der Waals surface area contributed by atoms with Gasteiger partial charge in [-0.2, -0.15) is 0 Å². The highest BCUT2D eigenvalue weighted by molar-refractivity contribution is 5.99. The molecule has 0 saturated heterocycles. The Morgan fingerprint density at radius 2 is 1.62 bits per heavy atom. The van der Waals surface area contributed by atoms with Gasteiger partial charge in [0.05, 0.1) is 23.5 Å². The molecule has 0 atom stereocenters. The summed E-state index contributed by atoms with van der Waals surface area (Å²) in [4.78, 5) is 14.4. The van der Waals surface area contributed by atoms with Crippen molar-refractivity contribution in [2.24, 2.45) is 0 Å². The molecule has 0 saturated carbocycles. The molecule has 126 valence electrons. The van der Waals surface area contributed by atoms with E-state index >= 15 is 0 Å². The summed E-state index contributed by atoms with van der Waals surface area (Å²) in [5, 5.41) is 11.2. The van der Waals surface area contributed by atoms with E-state index in [0.717, 1.165) is 33.4 Å². The van der Waals surface area contributed by atoms with Crippen molar-refractivity contribution in [1.29, 1.82) is 0 Å². The number of hydrogen-bond acceptors (Lipinski definition) is 3. The third-order valence-corrected chi connectivity index (χ3v) is 4.90. The highest BCUT2D eigenvalue weighted by Crippen LogP contribution is 2.33. The maximum absolute atomic E-state index is 12.7. The van der Waals surface area contributed by atoms with Crippen molar-refractivity contribution in [1.82, 2.24) is 19.9 Å². The number of para-hydroxylation sites is 1. The van der Waals surface area contributed by atoms with Crippen molar-refractivity contribution < 1.29 is 4.79 Å². The maximum atomic E-state index is 12.7. The van der Waals surface area contributed by atoms with Gasteiger partial charge < -0.3 is 4.90 Å². The van der Waals surface area contributed by atoms with E-state index in [1.165, 1.54) is 0 Å². The molecule has 1 aliphatic rings. The zero-order valence-electron chi connectivity index (χ0n) is 14.3. The van der Waals surface area contributed by atoms with Crippen LogP contribution in [0.4, 0.5) is 0 Å². The van der Waals surface area contributed by atoms with E-state index in [4.69, 9.17) is 0 Å². The first-order chi connectivity index (χ1) is 12.7. The Hall–Kier alpha value is -3.47. The average molecular weight is 340 g/mol. The minimum absolute atomic E-state index is 0.00466. The zero-order chi connectivity index (χ0) is 17.7. The number of amides is 1. The van der Waals surface area contributed by atoms with Crippen LogP contribution in [0.1, 0.15) is 16.1 Å². The molecule has 0 aliphatic carbocycles. The van der Waals surface area contributed by atoms with Crippen LogP contribution in [0.5, 0.6) is 0 Å². The van der Waals surface area contributed by atoms with Crippen LogP contribution in [0.15, 0.2) is 66.7 Å². The fourth-order valence-electron chi connectivity index (χ4n) is 3.62. The van der Waals surface area contributed by atoms with Crippen LogP contribution in [0.3, 0.4) is 0 Å². The first-order valence-corrected chi connectivity index (χ1v) is 8.51. The highest BCUT2D eigenvalue weighted by atomic mass is 16.2. The Kier molecular flexibility index (Phi) is 3.15. The van der Waals surface area contributed by atoms with Crippen molar-refractivity contribution in [3.8, 4) is 16.9 Å². The Morgan fingerprint density at radius 3 is 2.54 bits per heavy atom. The lowest BCUT2D eigenvalue weighted by Crippen LogP contribution is -2.25. The number of fused-ring (bicyclic) bond motifs is 4. The van der Waals surface area contributed by atoms with Crippen LogP contribution in [-0.4, -0.2) is 32.8 Å². The molecule has 2 heterocycles. The first-order valence-electron chi connectivity index (χ1n) is 8.51. The van der Waals surface area contributed by atoms with Gasteiger partial charge in [0.1, 0.15) is 5.69 Å². The zero-order valence-corrected chi connectivity index (χ0v) is 14.3. The van der Waals surface area contributed by atoms with Gasteiger partial charge in [0.2, 0.25) is 0 Å². The van der Waals surface area contributed by atoms with Crippen LogP contribution >= 0.6 is 0 Å². The summed E-state index contributed by atoms with van der Waals surface area (Å²) in [7, 11) is 1.81. The number of nitrogens with zero attached hydrogens (tertiary/aromatic N) is 4. The number of aromatic nitrogens is 3. The molecule has 0 radical (unpaired) electrons. The van der Waals surface area contributed by atoms with Crippen molar-refractivity contribution >= 4 is 16.7 Å². The molecule has 0 bridgehead atoms. The fraction of sp³-hybridized carbons (Fsp3) is 0.0952. The van der Waals surface area contributed by atoms with E-state index in [-0.39, 0.29) is 5.91 Å². The van der Waals surface area contributed by atoms with Crippen LogP contribution < -0.4 is 0 Å². The summed E-state index contributed by atoms with van der Waals surface area (Å²) < 4.78 is 1.80. The molecule has 1 aromatic heterocycles. The lowest BCUT2D eigenvalue weighted by Gasteiger charge is -2.14. The predicted molar refractivity (Wildman–Crippen MR) is 100 cm³/mol. The van der Waals surface area contributed by atoms with Crippen molar-refractivity contribution in [2.75, 3.05) is 7.05 Å². The van der Waals surface area contributed by atoms with Gasteiger partial charge in [0.25, 0.3) is 5.91 Å². The highest BCUT2D eigenvalue weighted by Gasteiger charge is 2.27. The molecular weight excluding hydrogens is 324 g/mol. The number of rotatable bonds is 1. The third-order valence-electron chi connectivity index (χ3n) is 4.90. The van der Waals surface area contributed by atoms with E-state index in [1.54, 1.807) is 9.58 Å². The molecule has 5 nitrogen and oxygen atoms in total. The average Bonchev–Trinajstić information content (AvgIpc) is 3.05. The van der Waals surface area contributed by atoms with Gasteiger partial charge in [-0.05, 0) is 22.9 Å². The van der Waals surface area contributed by atoms with Gasteiger partial charge in [-0.15, -0.1) is 5.10 Å². The lowest BCUT2D eigenvalue weighted by atomic mass is 10.0. The molecule has 5 heteroatoms. The summed E-state index contributed by atoms with van der Waals surface area (Å²) in [6, 6.07) is 22.0. The molecule has 0 unspecified atom stereocenters. The Morgan fingerprint density at radius 1 is 0.885 bits per heavy atom. The number of carbonyl (C=O) groups is 1. The molecule has 1 aliphatic heterocycles. The molecule has 26 heavy (non-hydrogen) atoms. The van der Waals surface area contributed by atoms with Gasteiger partial charge in [-0.3, -0.25) is 4.79 Å². The van der Waals surface area contributed by atoms with Gasteiger partial charge in [-0.25, -0.2) is 4.68 Å². The van der Waals surface area contributed by atoms with E-state index in [2.05, 4.69) is 34.6 Å². The second-order valence-corrected chi connectivity index (χ2v) is 6.50. The SMILES string of the molecule is CN1Cc2c(-c3cccc4ccccc34)nnn2-c2ccccc2C1=O. The summed E-state index contributed by atoms with van der Waals surface area (Å²) in [6.07, 6.45) is 0. The van der Waals surface area contributed by atoms with Crippen LogP contribution in [-0.2, 0) is 6.54 Å². The number of hydrogen-bond donors (Lipinski definition) is 0. The Balaban J connectivity index is 1.79. The molecule has 0 fully saturated rings. The van der Waals surface area contributed by atoms with Gasteiger partial charge in [0, 0.05) is 12.6 Å². The van der Waals surface area contributed by atoms with Crippen molar-refractivity contribution in [3.63, 3.8) is 0 Å². The molecule has 5 rings (SSSR count). The smallest absolute Gasteiger partial charge is 0.256 e. The van der Waals surface area contributed by atoms with E-state index < -0.39 is 0 Å². The summed E-state index contributed by atoms with van der Waals surface area (Å²) in [5.74, 6) is -0.00466. The minimum atomic E-state index is -0.00466. The van der Waals surface area contributed by atoms with Gasteiger partial charge >= 0.3 is 0 Å². The standard InChI is InChI=1S/C21H16N4O/c1-24-13-19-20(16-11-6-8-14-7-2-3-9-15(14)16)22-23-25(19)18-12-5-4-10-17(18)21(24)26/h2-12H,13H2,1H3. The van der Waals surface area contributed by atoms with Crippen molar-refractivity contribution in [2.45, 2.75) is 6.54 Å². The molecule has 1 amide bonds. The summed E-state index contributed by atoms with van der Waals surface area (Å²) in [5.41, 5.74) is 4.18. The summed E-state index contributed by atoms with van der Waals surface area (Å²) in [6.45, 7) is 0.457. The Labute approximate surface area is 150 Å². The minimum Gasteiger partial charge on any atom is -0.336 e. The molecular formula is C21H16N4O. The topological polar surface area (TPSA) is 51.0 Å². The first kappa shape index (κ1) is 14.8. The third kappa shape index (κ3) is 2.07. The molecule has 0 spiro atoms. The largest absolute Gasteiger partial charge is 0.336 e. The van der Waals surface area contributed by atoms with E-state index in [0.29, 0.717) is 12.1 Å².